The van der Waals surface area contributed by atoms with Gasteiger partial charge in [-0.1, -0.05) is 40.5 Å². The molecule has 0 aliphatic heterocycles. The van der Waals surface area contributed by atoms with E-state index in [2.05, 4.69) is 33.0 Å². The van der Waals surface area contributed by atoms with Crippen LogP contribution in [-0.2, 0) is 0 Å². The van der Waals surface area contributed by atoms with Crippen LogP contribution in [-0.4, -0.2) is 12.6 Å². The summed E-state index contributed by atoms with van der Waals surface area (Å²) in [5, 5.41) is 3.96. The van der Waals surface area contributed by atoms with Crippen LogP contribution < -0.4 is 5.32 Å². The lowest BCUT2D eigenvalue weighted by molar-refractivity contribution is 0.0950. The highest BCUT2D eigenvalue weighted by Gasteiger charge is 2.42. The molecule has 2 aliphatic carbocycles. The minimum Gasteiger partial charge on any atom is -0.313 e. The van der Waals surface area contributed by atoms with E-state index in [0.717, 1.165) is 23.8 Å². The van der Waals surface area contributed by atoms with Crippen molar-refractivity contribution in [2.75, 3.05) is 6.54 Å². The van der Waals surface area contributed by atoms with Crippen molar-refractivity contribution in [3.63, 3.8) is 0 Å². The van der Waals surface area contributed by atoms with Gasteiger partial charge in [-0.15, -0.1) is 0 Å². The zero-order chi connectivity index (χ0) is 13.9. The van der Waals surface area contributed by atoms with E-state index in [-0.39, 0.29) is 0 Å². The van der Waals surface area contributed by atoms with Crippen molar-refractivity contribution in [1.29, 1.82) is 0 Å². The Morgan fingerprint density at radius 3 is 2.16 bits per heavy atom. The second-order valence-electron chi connectivity index (χ2n) is 7.97. The molecule has 3 unspecified atom stereocenters. The van der Waals surface area contributed by atoms with Crippen LogP contribution in [0, 0.1) is 23.2 Å². The molecule has 0 amide bonds. The average Bonchev–Trinajstić information content (AvgIpc) is 2.76. The molecular formula is C18H35N. The van der Waals surface area contributed by atoms with Crippen molar-refractivity contribution >= 4 is 0 Å². The van der Waals surface area contributed by atoms with Crippen molar-refractivity contribution < 1.29 is 0 Å². The maximum absolute atomic E-state index is 3.96. The molecule has 0 bridgehead atoms. The van der Waals surface area contributed by atoms with Crippen LogP contribution in [0.3, 0.4) is 0 Å². The lowest BCUT2D eigenvalue weighted by Gasteiger charge is -2.44. The Bertz CT molecular complexity index is 257. The number of nitrogens with one attached hydrogen (secondary N) is 1. The predicted octanol–water partition coefficient (Wildman–Crippen LogP) is 5.01. The summed E-state index contributed by atoms with van der Waals surface area (Å²) in [6.45, 7) is 11.0. The van der Waals surface area contributed by atoms with Gasteiger partial charge in [0.25, 0.3) is 0 Å². The largest absolute Gasteiger partial charge is 0.313 e. The van der Waals surface area contributed by atoms with Crippen LogP contribution in [0.2, 0.25) is 0 Å². The summed E-state index contributed by atoms with van der Waals surface area (Å²) in [5.41, 5.74) is 0.580. The molecule has 3 atom stereocenters. The molecule has 0 spiro atoms. The van der Waals surface area contributed by atoms with Gasteiger partial charge >= 0.3 is 0 Å². The Morgan fingerprint density at radius 2 is 1.63 bits per heavy atom. The Morgan fingerprint density at radius 1 is 1.05 bits per heavy atom. The molecule has 112 valence electrons. The third-order valence-electron chi connectivity index (χ3n) is 5.80. The Balaban J connectivity index is 2.07. The molecule has 2 fully saturated rings. The molecule has 0 saturated heterocycles. The zero-order valence-electron chi connectivity index (χ0n) is 13.7. The Kier molecular flexibility index (Phi) is 5.34. The van der Waals surface area contributed by atoms with E-state index in [4.69, 9.17) is 0 Å². The molecule has 19 heavy (non-hydrogen) atoms. The fourth-order valence-electron chi connectivity index (χ4n) is 5.06. The quantitative estimate of drug-likeness (QED) is 0.737. The summed E-state index contributed by atoms with van der Waals surface area (Å²) in [4.78, 5) is 0. The van der Waals surface area contributed by atoms with Crippen LogP contribution >= 0.6 is 0 Å². The molecule has 0 aromatic rings. The highest BCUT2D eigenvalue weighted by molar-refractivity contribution is 4.97. The van der Waals surface area contributed by atoms with Crippen LogP contribution in [0.1, 0.15) is 79.1 Å². The molecule has 0 heterocycles. The van der Waals surface area contributed by atoms with Gasteiger partial charge in [0.2, 0.25) is 0 Å². The van der Waals surface area contributed by atoms with Gasteiger partial charge in [-0.25, -0.2) is 0 Å². The first-order valence-electron chi connectivity index (χ1n) is 8.78. The smallest absolute Gasteiger partial charge is 0.0149 e. The first-order valence-corrected chi connectivity index (χ1v) is 8.78. The molecule has 2 rings (SSSR count). The van der Waals surface area contributed by atoms with Gasteiger partial charge in [-0.05, 0) is 68.2 Å². The molecule has 1 nitrogen and oxygen atoms in total. The molecule has 2 saturated carbocycles. The molecule has 0 aromatic heterocycles. The van der Waals surface area contributed by atoms with Crippen LogP contribution in [0.15, 0.2) is 0 Å². The van der Waals surface area contributed by atoms with E-state index in [9.17, 15) is 0 Å². The summed E-state index contributed by atoms with van der Waals surface area (Å²) >= 11 is 0. The minimum absolute atomic E-state index is 0.580. The van der Waals surface area contributed by atoms with E-state index >= 15 is 0 Å². The second kappa shape index (κ2) is 6.61. The first kappa shape index (κ1) is 15.4. The zero-order valence-corrected chi connectivity index (χ0v) is 13.7. The highest BCUT2D eigenvalue weighted by atomic mass is 14.9. The average molecular weight is 265 g/mol. The van der Waals surface area contributed by atoms with Gasteiger partial charge in [0.1, 0.15) is 0 Å². The van der Waals surface area contributed by atoms with Gasteiger partial charge in [0, 0.05) is 6.04 Å². The first-order chi connectivity index (χ1) is 9.05. The maximum atomic E-state index is 3.96. The molecule has 0 radical (unpaired) electrons. The number of rotatable bonds is 5. The van der Waals surface area contributed by atoms with Gasteiger partial charge in [0.05, 0.1) is 0 Å². The molecule has 1 heteroatoms. The standard InChI is InChI=1S/C18H35N/c1-5-10-19-17(18(4)8-6-7-9-18)16-12-14(2)11-15(3)13-16/h14-17,19H,5-13H2,1-4H3. The topological polar surface area (TPSA) is 12.0 Å². The summed E-state index contributed by atoms with van der Waals surface area (Å²) < 4.78 is 0. The molecular weight excluding hydrogens is 230 g/mol. The van der Waals surface area contributed by atoms with Gasteiger partial charge in [-0.2, -0.15) is 0 Å². The van der Waals surface area contributed by atoms with E-state index in [1.165, 1.54) is 57.9 Å². The number of hydrogen-bond acceptors (Lipinski definition) is 1. The summed E-state index contributed by atoms with van der Waals surface area (Å²) in [5.74, 6) is 2.79. The van der Waals surface area contributed by atoms with Crippen molar-refractivity contribution in [3.05, 3.63) is 0 Å². The van der Waals surface area contributed by atoms with Crippen LogP contribution in [0.5, 0.6) is 0 Å². The molecule has 1 N–H and O–H groups in total. The summed E-state index contributed by atoms with van der Waals surface area (Å²) in [7, 11) is 0. The van der Waals surface area contributed by atoms with E-state index in [1.54, 1.807) is 0 Å². The van der Waals surface area contributed by atoms with E-state index in [1.807, 2.05) is 0 Å². The third kappa shape index (κ3) is 3.74. The molecule has 2 aliphatic rings. The Labute approximate surface area is 120 Å². The lowest BCUT2D eigenvalue weighted by Crippen LogP contribution is -2.49. The normalized spacial score (nSPS) is 36.3. The van der Waals surface area contributed by atoms with Gasteiger partial charge in [-0.3, -0.25) is 0 Å². The van der Waals surface area contributed by atoms with Crippen LogP contribution in [0.4, 0.5) is 0 Å². The SMILES string of the molecule is CCCNC(C1CC(C)CC(C)C1)C1(C)CCCC1. The van der Waals surface area contributed by atoms with Gasteiger partial charge < -0.3 is 5.32 Å². The lowest BCUT2D eigenvalue weighted by atomic mass is 9.66. The predicted molar refractivity (Wildman–Crippen MR) is 84.3 cm³/mol. The fourth-order valence-corrected chi connectivity index (χ4v) is 5.06. The van der Waals surface area contributed by atoms with Crippen molar-refractivity contribution in [2.45, 2.75) is 85.1 Å². The monoisotopic (exact) mass is 265 g/mol. The van der Waals surface area contributed by atoms with Crippen molar-refractivity contribution in [1.82, 2.24) is 5.32 Å². The third-order valence-corrected chi connectivity index (χ3v) is 5.80. The Hall–Kier alpha value is -0.0400. The van der Waals surface area contributed by atoms with Crippen molar-refractivity contribution in [2.24, 2.45) is 23.2 Å². The molecule has 0 aromatic carbocycles. The fraction of sp³-hybridized carbons (Fsp3) is 1.00. The second-order valence-corrected chi connectivity index (χ2v) is 7.97. The summed E-state index contributed by atoms with van der Waals surface area (Å²) in [6.07, 6.45) is 11.5. The minimum atomic E-state index is 0.580. The van der Waals surface area contributed by atoms with Gasteiger partial charge in [0.15, 0.2) is 0 Å². The van der Waals surface area contributed by atoms with E-state index in [0.29, 0.717) is 5.41 Å². The number of hydrogen-bond donors (Lipinski definition) is 1. The van der Waals surface area contributed by atoms with Crippen molar-refractivity contribution in [3.8, 4) is 0 Å². The van der Waals surface area contributed by atoms with Crippen LogP contribution in [0.25, 0.3) is 0 Å². The maximum Gasteiger partial charge on any atom is 0.0149 e. The van der Waals surface area contributed by atoms with E-state index < -0.39 is 0 Å². The highest BCUT2D eigenvalue weighted by Crippen LogP contribution is 2.47. The summed E-state index contributed by atoms with van der Waals surface area (Å²) in [6, 6.07) is 0.778.